The number of methoxy groups -OCH3 is 1. The predicted octanol–water partition coefficient (Wildman–Crippen LogP) is 2.80. The van der Waals surface area contributed by atoms with Gasteiger partial charge in [0.05, 0.1) is 71.5 Å². The van der Waals surface area contributed by atoms with Crippen molar-refractivity contribution in [2.75, 3.05) is 80.2 Å². The van der Waals surface area contributed by atoms with E-state index in [1.54, 1.807) is 14.2 Å². The standard InChI is InChI=1S/C21H28F5N3O7.C2H6O.C2H6/c22-16-17(23)19(25)21(20(26)18(16)24)36-15(31)2-5-32-7-9-34-11-12-35-10-8-33-6-3-28-13-14(29-27)1-4-30;1-3-2;1-2/h13,30H,1-12,27H2;1-2H3;1-2H3/b28-13?,29-14-;;. The second kappa shape index (κ2) is 27.4. The Bertz CT molecular complexity index is 866. The molecular weight excluding hydrogens is 565 g/mol. The maximum absolute atomic E-state index is 13.5. The summed E-state index contributed by atoms with van der Waals surface area (Å²) in [5, 5.41) is 12.2. The predicted molar refractivity (Wildman–Crippen MR) is 141 cm³/mol. The zero-order chi connectivity index (χ0) is 31.5. The number of aliphatic imine (C=N–C) groups is 1. The monoisotopic (exact) mass is 605 g/mol. The molecule has 16 heteroatoms. The SMILES string of the molecule is CC.COC.N/N=C(\C=NCCOCCOCCOCCOCCC(=O)Oc1c(F)c(F)c(F)c(F)c1F)CCO. The number of hydrazone groups is 1. The Labute approximate surface area is 236 Å². The molecule has 1 aromatic carbocycles. The highest BCUT2D eigenvalue weighted by atomic mass is 19.2. The van der Waals surface area contributed by atoms with E-state index in [2.05, 4.69) is 19.6 Å². The first-order chi connectivity index (χ1) is 19.7. The average molecular weight is 606 g/mol. The number of nitrogens with zero attached hydrogens (tertiary/aromatic N) is 2. The fourth-order valence-corrected chi connectivity index (χ4v) is 2.32. The van der Waals surface area contributed by atoms with Crippen molar-refractivity contribution in [1.29, 1.82) is 0 Å². The molecule has 0 radical (unpaired) electrons. The number of hydrogen-bond acceptors (Lipinski definition) is 11. The van der Waals surface area contributed by atoms with Crippen LogP contribution >= 0.6 is 0 Å². The van der Waals surface area contributed by atoms with Gasteiger partial charge in [0.2, 0.25) is 34.8 Å². The van der Waals surface area contributed by atoms with Crippen LogP contribution in [0.15, 0.2) is 10.1 Å². The van der Waals surface area contributed by atoms with Crippen molar-refractivity contribution < 1.29 is 60.3 Å². The van der Waals surface area contributed by atoms with Crippen LogP contribution in [0.1, 0.15) is 26.7 Å². The van der Waals surface area contributed by atoms with Gasteiger partial charge in [-0.05, 0) is 0 Å². The highest BCUT2D eigenvalue weighted by molar-refractivity contribution is 6.30. The molecule has 0 amide bonds. The number of aliphatic hydroxyl groups excluding tert-OH is 1. The van der Waals surface area contributed by atoms with Crippen LogP contribution in [-0.2, 0) is 28.5 Å². The van der Waals surface area contributed by atoms with E-state index in [1.165, 1.54) is 6.21 Å². The molecule has 0 aromatic heterocycles. The van der Waals surface area contributed by atoms with E-state index in [4.69, 9.17) is 29.9 Å². The highest BCUT2D eigenvalue weighted by Crippen LogP contribution is 2.29. The van der Waals surface area contributed by atoms with Crippen molar-refractivity contribution in [2.45, 2.75) is 26.7 Å². The molecule has 0 aliphatic heterocycles. The van der Waals surface area contributed by atoms with Gasteiger partial charge in [-0.3, -0.25) is 9.79 Å². The van der Waals surface area contributed by atoms with Crippen LogP contribution in [0.2, 0.25) is 0 Å². The first kappa shape index (κ1) is 40.4. The molecule has 0 saturated heterocycles. The summed E-state index contributed by atoms with van der Waals surface area (Å²) < 4.78 is 95.5. The number of esters is 1. The smallest absolute Gasteiger partial charge is 0.313 e. The van der Waals surface area contributed by atoms with Gasteiger partial charge in [-0.1, -0.05) is 13.8 Å². The maximum Gasteiger partial charge on any atom is 0.313 e. The summed E-state index contributed by atoms with van der Waals surface area (Å²) in [4.78, 5) is 15.6. The van der Waals surface area contributed by atoms with Crippen LogP contribution < -0.4 is 10.6 Å². The van der Waals surface area contributed by atoms with E-state index in [-0.39, 0.29) is 33.0 Å². The Morgan fingerprint density at radius 2 is 1.17 bits per heavy atom. The molecule has 238 valence electrons. The van der Waals surface area contributed by atoms with Crippen LogP contribution in [-0.4, -0.2) is 103 Å². The average Bonchev–Trinajstić information content (AvgIpc) is 2.97. The number of carbonyl (C=O) groups is 1. The molecule has 0 saturated carbocycles. The van der Waals surface area contributed by atoms with Crippen molar-refractivity contribution in [2.24, 2.45) is 15.9 Å². The van der Waals surface area contributed by atoms with Crippen LogP contribution in [0.25, 0.3) is 0 Å². The van der Waals surface area contributed by atoms with Crippen molar-refractivity contribution in [3.63, 3.8) is 0 Å². The molecule has 0 heterocycles. The van der Waals surface area contributed by atoms with Gasteiger partial charge in [-0.25, -0.2) is 13.2 Å². The van der Waals surface area contributed by atoms with E-state index in [1.807, 2.05) is 13.8 Å². The van der Waals surface area contributed by atoms with Crippen LogP contribution in [0, 0.1) is 29.1 Å². The van der Waals surface area contributed by atoms with E-state index < -0.39 is 47.2 Å². The molecule has 41 heavy (non-hydrogen) atoms. The number of hydrogen-bond donors (Lipinski definition) is 2. The number of benzene rings is 1. The van der Waals surface area contributed by atoms with Crippen molar-refractivity contribution in [3.8, 4) is 5.75 Å². The third kappa shape index (κ3) is 19.1. The topological polar surface area (TPSA) is 143 Å². The molecule has 0 atom stereocenters. The number of nitrogens with two attached hydrogens (primary N) is 1. The van der Waals surface area contributed by atoms with Gasteiger partial charge in [0, 0.05) is 33.5 Å². The minimum Gasteiger partial charge on any atom is -0.420 e. The summed E-state index contributed by atoms with van der Waals surface area (Å²) in [6, 6.07) is 0. The molecule has 1 aromatic rings. The van der Waals surface area contributed by atoms with Crippen molar-refractivity contribution in [1.82, 2.24) is 0 Å². The lowest BCUT2D eigenvalue weighted by atomic mass is 10.2. The summed E-state index contributed by atoms with van der Waals surface area (Å²) >= 11 is 0. The summed E-state index contributed by atoms with van der Waals surface area (Å²) in [7, 11) is 3.25. The second-order valence-corrected chi connectivity index (χ2v) is 7.11. The largest absolute Gasteiger partial charge is 0.420 e. The van der Waals surface area contributed by atoms with E-state index in [0.29, 0.717) is 45.1 Å². The number of halogens is 5. The molecule has 0 aliphatic rings. The quantitative estimate of drug-likeness (QED) is 0.0280. The lowest BCUT2D eigenvalue weighted by Crippen LogP contribution is -2.16. The Kier molecular flexibility index (Phi) is 27.0. The Balaban J connectivity index is 0. The first-order valence-corrected chi connectivity index (χ1v) is 12.6. The number of rotatable bonds is 19. The van der Waals surface area contributed by atoms with E-state index in [0.717, 1.165) is 0 Å². The zero-order valence-electron chi connectivity index (χ0n) is 23.7. The minimum absolute atomic E-state index is 0.0657. The van der Waals surface area contributed by atoms with E-state index >= 15 is 0 Å². The van der Waals surface area contributed by atoms with Gasteiger partial charge in [-0.15, -0.1) is 0 Å². The molecule has 0 bridgehead atoms. The van der Waals surface area contributed by atoms with Gasteiger partial charge < -0.3 is 39.4 Å². The third-order valence-electron chi connectivity index (χ3n) is 4.09. The number of aliphatic hydroxyl groups is 1. The fourth-order valence-electron chi connectivity index (χ4n) is 2.32. The third-order valence-corrected chi connectivity index (χ3v) is 4.09. The number of ether oxygens (including phenoxy) is 6. The zero-order valence-corrected chi connectivity index (χ0v) is 23.7. The van der Waals surface area contributed by atoms with Gasteiger partial charge in [-0.2, -0.15) is 13.9 Å². The summed E-state index contributed by atoms with van der Waals surface area (Å²) in [6.45, 7) is 5.99. The molecular formula is C25H40F5N3O8. The molecule has 0 fully saturated rings. The fraction of sp³-hybridized carbons (Fsp3) is 0.640. The minimum atomic E-state index is -2.35. The second-order valence-electron chi connectivity index (χ2n) is 7.11. The first-order valence-electron chi connectivity index (χ1n) is 12.6. The van der Waals surface area contributed by atoms with Crippen LogP contribution in [0.3, 0.4) is 0 Å². The molecule has 11 nitrogen and oxygen atoms in total. The van der Waals surface area contributed by atoms with Gasteiger partial charge in [0.1, 0.15) is 0 Å². The van der Waals surface area contributed by atoms with E-state index in [9.17, 15) is 26.7 Å². The number of carbonyl (C=O) groups excluding carboxylic acids is 1. The molecule has 0 spiro atoms. The molecule has 0 aliphatic carbocycles. The van der Waals surface area contributed by atoms with Crippen molar-refractivity contribution >= 4 is 17.9 Å². The Morgan fingerprint density at radius 1 is 0.756 bits per heavy atom. The Morgan fingerprint density at radius 3 is 1.61 bits per heavy atom. The summed E-state index contributed by atoms with van der Waals surface area (Å²) in [6.07, 6.45) is 1.31. The highest BCUT2D eigenvalue weighted by Gasteiger charge is 2.28. The summed E-state index contributed by atoms with van der Waals surface area (Å²) in [5.41, 5.74) is 0.486. The van der Waals surface area contributed by atoms with Crippen LogP contribution in [0.5, 0.6) is 5.75 Å². The lowest BCUT2D eigenvalue weighted by Gasteiger charge is -2.09. The summed E-state index contributed by atoms with van der Waals surface area (Å²) in [5.74, 6) is -9.02. The van der Waals surface area contributed by atoms with Gasteiger partial charge in [0.15, 0.2) is 0 Å². The molecule has 0 unspecified atom stereocenters. The Hall–Kier alpha value is -2.76. The normalized spacial score (nSPS) is 11.1. The molecule has 1 rings (SSSR count). The maximum atomic E-state index is 13.5. The lowest BCUT2D eigenvalue weighted by molar-refractivity contribution is -0.136. The van der Waals surface area contributed by atoms with Gasteiger partial charge in [0.25, 0.3) is 0 Å². The van der Waals surface area contributed by atoms with Gasteiger partial charge >= 0.3 is 5.97 Å². The van der Waals surface area contributed by atoms with Crippen molar-refractivity contribution in [3.05, 3.63) is 29.1 Å². The van der Waals surface area contributed by atoms with Crippen LogP contribution in [0.4, 0.5) is 22.0 Å². The molecule has 3 N–H and O–H groups in total.